The number of Topliss-reactive ketones (excluding diaryl/α,β-unsaturated/α-hetero) is 1. The predicted octanol–water partition coefficient (Wildman–Crippen LogP) is 1.31. The lowest BCUT2D eigenvalue weighted by Gasteiger charge is -2.16. The van der Waals surface area contributed by atoms with E-state index in [1.807, 2.05) is 0 Å². The number of ketones is 1. The first-order chi connectivity index (χ1) is 8.46. The van der Waals surface area contributed by atoms with E-state index in [2.05, 4.69) is 9.47 Å². The lowest BCUT2D eigenvalue weighted by molar-refractivity contribution is -0.286. The molecule has 1 saturated heterocycles. The third kappa shape index (κ3) is 1.59. The second kappa shape index (κ2) is 3.41. The van der Waals surface area contributed by atoms with Crippen LogP contribution in [0.4, 0.5) is 14.5 Å². The van der Waals surface area contributed by atoms with Gasteiger partial charge < -0.3 is 14.4 Å². The largest absolute Gasteiger partial charge is 0.586 e. The molecule has 3 rings (SSSR count). The summed E-state index contributed by atoms with van der Waals surface area (Å²) in [5.74, 6) is -1.06. The molecule has 18 heavy (non-hydrogen) atoms. The zero-order chi connectivity index (χ0) is 12.9. The fourth-order valence-electron chi connectivity index (χ4n) is 1.97. The van der Waals surface area contributed by atoms with Crippen molar-refractivity contribution in [2.75, 3.05) is 11.4 Å². The van der Waals surface area contributed by atoms with Gasteiger partial charge in [0.1, 0.15) is 0 Å². The van der Waals surface area contributed by atoms with Crippen molar-refractivity contribution >= 4 is 17.4 Å². The van der Waals surface area contributed by atoms with Crippen molar-refractivity contribution < 1.29 is 27.8 Å². The summed E-state index contributed by atoms with van der Waals surface area (Å²) in [7, 11) is 0. The van der Waals surface area contributed by atoms with Gasteiger partial charge in [-0.05, 0) is 12.1 Å². The molecule has 0 bridgehead atoms. The van der Waals surface area contributed by atoms with Gasteiger partial charge in [-0.3, -0.25) is 9.59 Å². The lowest BCUT2D eigenvalue weighted by atomic mass is 10.2. The highest BCUT2D eigenvalue weighted by Crippen LogP contribution is 2.47. The van der Waals surface area contributed by atoms with Crippen molar-refractivity contribution in [1.29, 1.82) is 0 Å². The van der Waals surface area contributed by atoms with Crippen molar-refractivity contribution in [3.63, 3.8) is 0 Å². The Morgan fingerprint density at radius 1 is 1.22 bits per heavy atom. The van der Waals surface area contributed by atoms with Crippen LogP contribution in [0.1, 0.15) is 6.42 Å². The van der Waals surface area contributed by atoms with Crippen LogP contribution in [0.25, 0.3) is 0 Å². The minimum Gasteiger partial charge on any atom is -0.395 e. The average Bonchev–Trinajstić information content (AvgIpc) is 2.75. The molecule has 0 N–H and O–H groups in total. The highest BCUT2D eigenvalue weighted by atomic mass is 19.3. The molecule has 0 saturated carbocycles. The molecule has 7 heteroatoms. The van der Waals surface area contributed by atoms with Crippen molar-refractivity contribution in [1.82, 2.24) is 0 Å². The normalized spacial score (nSPS) is 20.7. The molecule has 2 heterocycles. The first-order valence-corrected chi connectivity index (χ1v) is 5.17. The second-order valence-electron chi connectivity index (χ2n) is 3.97. The molecule has 0 radical (unpaired) electrons. The molecule has 0 atom stereocenters. The number of carbonyl (C=O) groups is 2. The van der Waals surface area contributed by atoms with Crippen LogP contribution >= 0.6 is 0 Å². The molecule has 0 unspecified atom stereocenters. The van der Waals surface area contributed by atoms with Crippen LogP contribution in [0.3, 0.4) is 0 Å². The zero-order valence-electron chi connectivity index (χ0n) is 8.98. The maximum Gasteiger partial charge on any atom is 0.586 e. The summed E-state index contributed by atoms with van der Waals surface area (Å²) in [4.78, 5) is 23.9. The van der Waals surface area contributed by atoms with E-state index in [0.717, 1.165) is 4.90 Å². The number of amides is 1. The van der Waals surface area contributed by atoms with Crippen molar-refractivity contribution in [2.45, 2.75) is 12.7 Å². The number of para-hydroxylation sites is 1. The Balaban J connectivity index is 2.03. The number of benzene rings is 1. The summed E-state index contributed by atoms with van der Waals surface area (Å²) in [5, 5.41) is 0. The number of anilines is 1. The van der Waals surface area contributed by atoms with E-state index in [-0.39, 0.29) is 35.9 Å². The molecule has 0 spiro atoms. The van der Waals surface area contributed by atoms with Crippen LogP contribution in [0.5, 0.6) is 11.5 Å². The van der Waals surface area contributed by atoms with E-state index in [1.165, 1.54) is 18.2 Å². The van der Waals surface area contributed by atoms with Crippen molar-refractivity contribution in [2.24, 2.45) is 0 Å². The maximum absolute atomic E-state index is 13.0. The first kappa shape index (κ1) is 10.9. The monoisotopic (exact) mass is 255 g/mol. The molecular weight excluding hydrogens is 248 g/mol. The number of halogens is 2. The molecule has 2 aliphatic heterocycles. The van der Waals surface area contributed by atoms with E-state index in [1.54, 1.807) is 0 Å². The minimum atomic E-state index is -3.74. The first-order valence-electron chi connectivity index (χ1n) is 5.17. The highest BCUT2D eigenvalue weighted by molar-refractivity contribution is 6.15. The Hall–Kier alpha value is -2.18. The van der Waals surface area contributed by atoms with Gasteiger partial charge in [-0.1, -0.05) is 6.07 Å². The van der Waals surface area contributed by atoms with Crippen LogP contribution in [-0.2, 0) is 9.59 Å². The van der Waals surface area contributed by atoms with Gasteiger partial charge in [0.25, 0.3) is 0 Å². The summed E-state index contributed by atoms with van der Waals surface area (Å²) < 4.78 is 34.6. The molecule has 1 aromatic carbocycles. The molecule has 1 amide bonds. The van der Waals surface area contributed by atoms with Gasteiger partial charge in [-0.2, -0.15) is 0 Å². The molecule has 5 nitrogen and oxygen atoms in total. The van der Waals surface area contributed by atoms with Gasteiger partial charge >= 0.3 is 6.29 Å². The van der Waals surface area contributed by atoms with Crippen LogP contribution in [-0.4, -0.2) is 24.5 Å². The van der Waals surface area contributed by atoms with Crippen LogP contribution in [0.2, 0.25) is 0 Å². The number of rotatable bonds is 1. The molecule has 1 aromatic rings. The number of ether oxygens (including phenoxy) is 2. The molecule has 0 aliphatic carbocycles. The minimum absolute atomic E-state index is 0.125. The number of nitrogens with zero attached hydrogens (tertiary/aromatic N) is 1. The number of hydrogen-bond donors (Lipinski definition) is 0. The van der Waals surface area contributed by atoms with Crippen molar-refractivity contribution in [3.8, 4) is 11.5 Å². The van der Waals surface area contributed by atoms with Gasteiger partial charge in [-0.25, -0.2) is 0 Å². The van der Waals surface area contributed by atoms with Gasteiger partial charge in [-0.15, -0.1) is 8.78 Å². The number of alkyl halides is 2. The molecule has 2 aliphatic rings. The molecule has 94 valence electrons. The van der Waals surface area contributed by atoms with Crippen molar-refractivity contribution in [3.05, 3.63) is 18.2 Å². The summed E-state index contributed by atoms with van der Waals surface area (Å²) in [6.45, 7) is -0.135. The van der Waals surface area contributed by atoms with E-state index < -0.39 is 12.2 Å². The average molecular weight is 255 g/mol. The fourth-order valence-corrected chi connectivity index (χ4v) is 1.97. The van der Waals surface area contributed by atoms with Gasteiger partial charge in [0.15, 0.2) is 17.3 Å². The fraction of sp³-hybridized carbons (Fsp3) is 0.273. The van der Waals surface area contributed by atoms with Crippen LogP contribution in [0.15, 0.2) is 18.2 Å². The van der Waals surface area contributed by atoms with E-state index >= 15 is 0 Å². The van der Waals surface area contributed by atoms with E-state index in [9.17, 15) is 18.4 Å². The SMILES string of the molecule is O=C1CC(=O)N(c2cccc3c2OC(F)(F)O3)C1. The molecule has 1 fully saturated rings. The highest BCUT2D eigenvalue weighted by Gasteiger charge is 2.46. The quantitative estimate of drug-likeness (QED) is 0.710. The van der Waals surface area contributed by atoms with Gasteiger partial charge in [0, 0.05) is 0 Å². The predicted molar refractivity (Wildman–Crippen MR) is 54.6 cm³/mol. The Morgan fingerprint density at radius 2 is 2.00 bits per heavy atom. The lowest BCUT2D eigenvalue weighted by Crippen LogP contribution is -2.27. The molecule has 0 aromatic heterocycles. The zero-order valence-corrected chi connectivity index (χ0v) is 8.98. The van der Waals surface area contributed by atoms with E-state index in [0.29, 0.717) is 0 Å². The Kier molecular flexibility index (Phi) is 2.07. The smallest absolute Gasteiger partial charge is 0.395 e. The third-order valence-electron chi connectivity index (χ3n) is 2.68. The summed E-state index contributed by atoms with van der Waals surface area (Å²) >= 11 is 0. The number of carbonyl (C=O) groups excluding carboxylic acids is 2. The summed E-state index contributed by atoms with van der Waals surface area (Å²) in [5.41, 5.74) is 0.125. The van der Waals surface area contributed by atoms with Gasteiger partial charge in [0.05, 0.1) is 18.7 Å². The van der Waals surface area contributed by atoms with Crippen LogP contribution < -0.4 is 14.4 Å². The van der Waals surface area contributed by atoms with E-state index in [4.69, 9.17) is 0 Å². The Morgan fingerprint density at radius 3 is 2.67 bits per heavy atom. The maximum atomic E-state index is 13.0. The van der Waals surface area contributed by atoms with Crippen LogP contribution in [0, 0.1) is 0 Å². The second-order valence-corrected chi connectivity index (χ2v) is 3.97. The summed E-state index contributed by atoms with van der Waals surface area (Å²) in [6.07, 6.45) is -3.97. The standard InChI is InChI=1S/C11H7F2NO4/c12-11(13)17-8-3-1-2-7(10(8)18-11)14-5-6(15)4-9(14)16/h1-3H,4-5H2. The number of hydrogen-bond acceptors (Lipinski definition) is 4. The summed E-state index contributed by atoms with van der Waals surface area (Å²) in [6, 6.07) is 4.19. The number of fused-ring (bicyclic) bond motifs is 1. The third-order valence-corrected chi connectivity index (χ3v) is 2.68. The molecular formula is C11H7F2NO4. The van der Waals surface area contributed by atoms with Gasteiger partial charge in [0.2, 0.25) is 5.91 Å². The Bertz CT molecular complexity index is 558. The Labute approximate surface area is 99.9 Å². The topological polar surface area (TPSA) is 55.8 Å².